The smallest absolute Gasteiger partial charge is 0.263 e. The molecule has 6 heteroatoms. The second-order valence-electron chi connectivity index (χ2n) is 6.04. The van der Waals surface area contributed by atoms with E-state index in [0.29, 0.717) is 18.4 Å². The summed E-state index contributed by atoms with van der Waals surface area (Å²) in [5.41, 5.74) is 1.54. The highest BCUT2D eigenvalue weighted by Crippen LogP contribution is 2.22. The summed E-state index contributed by atoms with van der Waals surface area (Å²) in [7, 11) is 0. The fourth-order valence-corrected chi connectivity index (χ4v) is 3.29. The topological polar surface area (TPSA) is 79.2 Å². The van der Waals surface area contributed by atoms with E-state index in [2.05, 4.69) is 15.6 Å². The van der Waals surface area contributed by atoms with Gasteiger partial charge in [-0.05, 0) is 44.9 Å². The monoisotopic (exact) mass is 316 g/mol. The lowest BCUT2D eigenvalue weighted by atomic mass is 10.1. The summed E-state index contributed by atoms with van der Waals surface area (Å²) in [6.45, 7) is 4.50. The molecule has 0 saturated carbocycles. The molecule has 1 saturated heterocycles. The minimum atomic E-state index is 0.0216. The molecule has 2 aromatic rings. The van der Waals surface area contributed by atoms with E-state index in [9.17, 15) is 4.79 Å². The summed E-state index contributed by atoms with van der Waals surface area (Å²) < 4.78 is 1.84. The van der Waals surface area contributed by atoms with Gasteiger partial charge in [0.1, 0.15) is 5.82 Å². The van der Waals surface area contributed by atoms with E-state index in [0.717, 1.165) is 43.0 Å². The zero-order chi connectivity index (χ0) is 16.2. The zero-order valence-corrected chi connectivity index (χ0v) is 13.5. The van der Waals surface area contributed by atoms with Gasteiger partial charge in [0.05, 0.1) is 16.9 Å². The van der Waals surface area contributed by atoms with E-state index >= 15 is 0 Å². The van der Waals surface area contributed by atoms with Gasteiger partial charge in [0.15, 0.2) is 0 Å². The van der Waals surface area contributed by atoms with Crippen LogP contribution in [0.2, 0.25) is 0 Å². The average Bonchev–Trinajstić information content (AvgIpc) is 2.56. The van der Waals surface area contributed by atoms with Crippen molar-refractivity contribution in [1.29, 1.82) is 0 Å². The lowest BCUT2D eigenvalue weighted by molar-refractivity contribution is 0.292. The van der Waals surface area contributed by atoms with E-state index in [1.165, 1.54) is 0 Å². The van der Waals surface area contributed by atoms with Gasteiger partial charge in [0, 0.05) is 25.4 Å². The van der Waals surface area contributed by atoms with Gasteiger partial charge >= 0.3 is 0 Å². The van der Waals surface area contributed by atoms with Crippen LogP contribution in [0.1, 0.15) is 31.1 Å². The van der Waals surface area contributed by atoms with Crippen molar-refractivity contribution >= 4 is 16.6 Å². The van der Waals surface area contributed by atoms with Crippen LogP contribution in [0.5, 0.6) is 0 Å². The number of hydrogen-bond donors (Lipinski definition) is 3. The Morgan fingerprint density at radius 1 is 1.48 bits per heavy atom. The minimum absolute atomic E-state index is 0.0216. The van der Waals surface area contributed by atoms with Crippen LogP contribution in [0.3, 0.4) is 0 Å². The Morgan fingerprint density at radius 2 is 2.35 bits per heavy atom. The van der Waals surface area contributed by atoms with Gasteiger partial charge in [0.2, 0.25) is 0 Å². The Balaban J connectivity index is 2.07. The number of nitrogens with zero attached hydrogens (tertiary/aromatic N) is 2. The SMILES string of the molecule is Cc1nc2cccc(NCCCO)c2c(=O)n1C1CCCNC1. The largest absolute Gasteiger partial charge is 0.396 e. The minimum Gasteiger partial charge on any atom is -0.396 e. The van der Waals surface area contributed by atoms with Gasteiger partial charge in [-0.3, -0.25) is 9.36 Å². The summed E-state index contributed by atoms with van der Waals surface area (Å²) in [5, 5.41) is 16.2. The highest BCUT2D eigenvalue weighted by Gasteiger charge is 2.20. The van der Waals surface area contributed by atoms with Crippen LogP contribution in [-0.2, 0) is 0 Å². The van der Waals surface area contributed by atoms with E-state index < -0.39 is 0 Å². The van der Waals surface area contributed by atoms with Crippen LogP contribution in [0.25, 0.3) is 10.9 Å². The quantitative estimate of drug-likeness (QED) is 0.727. The molecule has 1 fully saturated rings. The zero-order valence-electron chi connectivity index (χ0n) is 13.5. The van der Waals surface area contributed by atoms with Crippen molar-refractivity contribution in [2.45, 2.75) is 32.2 Å². The maximum absolute atomic E-state index is 13.1. The Labute approximate surface area is 135 Å². The molecule has 0 radical (unpaired) electrons. The van der Waals surface area contributed by atoms with Gasteiger partial charge < -0.3 is 15.7 Å². The van der Waals surface area contributed by atoms with Crippen molar-refractivity contribution in [3.63, 3.8) is 0 Å². The predicted molar refractivity (Wildman–Crippen MR) is 92.1 cm³/mol. The average molecular weight is 316 g/mol. The molecule has 0 amide bonds. The molecule has 1 aliphatic heterocycles. The Bertz CT molecular complexity index is 735. The number of aromatic nitrogens is 2. The number of anilines is 1. The fraction of sp³-hybridized carbons (Fsp3) is 0.529. The molecule has 1 atom stereocenters. The predicted octanol–water partition coefficient (Wildman–Crippen LogP) is 1.42. The number of aliphatic hydroxyl groups excluding tert-OH is 1. The molecule has 1 unspecified atom stereocenters. The van der Waals surface area contributed by atoms with Crippen molar-refractivity contribution in [2.75, 3.05) is 31.6 Å². The summed E-state index contributed by atoms with van der Waals surface area (Å²) in [4.78, 5) is 17.8. The molecule has 1 aliphatic rings. The number of benzene rings is 1. The number of fused-ring (bicyclic) bond motifs is 1. The molecule has 1 aromatic heterocycles. The molecule has 124 valence electrons. The summed E-state index contributed by atoms with van der Waals surface area (Å²) in [5.74, 6) is 0.767. The fourth-order valence-electron chi connectivity index (χ4n) is 3.29. The molecular formula is C17H24N4O2. The van der Waals surface area contributed by atoms with Gasteiger partial charge in [-0.1, -0.05) is 6.07 Å². The van der Waals surface area contributed by atoms with E-state index in [4.69, 9.17) is 5.11 Å². The Morgan fingerprint density at radius 3 is 3.09 bits per heavy atom. The van der Waals surface area contributed by atoms with E-state index in [-0.39, 0.29) is 18.2 Å². The number of piperidine rings is 1. The number of aryl methyl sites for hydroxylation is 1. The Kier molecular flexibility index (Phi) is 4.93. The van der Waals surface area contributed by atoms with Crippen LogP contribution in [0.15, 0.2) is 23.0 Å². The third-order valence-electron chi connectivity index (χ3n) is 4.39. The van der Waals surface area contributed by atoms with E-state index in [1.807, 2.05) is 29.7 Å². The van der Waals surface area contributed by atoms with E-state index in [1.54, 1.807) is 0 Å². The summed E-state index contributed by atoms with van der Waals surface area (Å²) in [6, 6.07) is 5.85. The molecule has 23 heavy (non-hydrogen) atoms. The maximum Gasteiger partial charge on any atom is 0.263 e. The van der Waals surface area contributed by atoms with Gasteiger partial charge in [-0.15, -0.1) is 0 Å². The molecule has 6 nitrogen and oxygen atoms in total. The number of nitrogens with one attached hydrogen (secondary N) is 2. The van der Waals surface area contributed by atoms with Crippen LogP contribution in [0.4, 0.5) is 5.69 Å². The maximum atomic E-state index is 13.1. The summed E-state index contributed by atoms with van der Waals surface area (Å²) in [6.07, 6.45) is 2.72. The van der Waals surface area contributed by atoms with Crippen LogP contribution in [0, 0.1) is 6.92 Å². The normalized spacial score (nSPS) is 18.3. The molecule has 1 aromatic carbocycles. The second kappa shape index (κ2) is 7.10. The number of hydrogen-bond acceptors (Lipinski definition) is 5. The summed E-state index contributed by atoms with van der Waals surface area (Å²) >= 11 is 0. The molecule has 2 heterocycles. The Hall–Kier alpha value is -1.92. The lowest BCUT2D eigenvalue weighted by Gasteiger charge is -2.26. The third kappa shape index (κ3) is 3.23. The highest BCUT2D eigenvalue weighted by atomic mass is 16.3. The van der Waals surface area contributed by atoms with Gasteiger partial charge in [-0.2, -0.15) is 0 Å². The number of rotatable bonds is 5. The first kappa shape index (κ1) is 16.0. The van der Waals surface area contributed by atoms with Crippen LogP contribution in [-0.4, -0.2) is 40.9 Å². The van der Waals surface area contributed by atoms with Crippen molar-refractivity contribution in [1.82, 2.24) is 14.9 Å². The molecule has 0 aliphatic carbocycles. The molecular weight excluding hydrogens is 292 g/mol. The van der Waals surface area contributed by atoms with Crippen molar-refractivity contribution in [3.05, 3.63) is 34.4 Å². The molecule has 3 rings (SSSR count). The first-order valence-electron chi connectivity index (χ1n) is 8.29. The highest BCUT2D eigenvalue weighted by molar-refractivity contribution is 5.90. The van der Waals surface area contributed by atoms with Gasteiger partial charge in [0.25, 0.3) is 5.56 Å². The second-order valence-corrected chi connectivity index (χ2v) is 6.04. The standard InChI is InChI=1S/C17H24N4O2/c1-12-20-15-7-2-6-14(19-9-4-10-22)16(15)17(23)21(12)13-5-3-8-18-11-13/h2,6-7,13,18-19,22H,3-5,8-11H2,1H3. The number of aliphatic hydroxyl groups is 1. The molecule has 0 spiro atoms. The first-order valence-corrected chi connectivity index (χ1v) is 8.29. The molecule has 3 N–H and O–H groups in total. The lowest BCUT2D eigenvalue weighted by Crippen LogP contribution is -2.38. The van der Waals surface area contributed by atoms with Crippen molar-refractivity contribution < 1.29 is 5.11 Å². The third-order valence-corrected chi connectivity index (χ3v) is 4.39. The van der Waals surface area contributed by atoms with Crippen molar-refractivity contribution in [3.8, 4) is 0 Å². The van der Waals surface area contributed by atoms with Crippen molar-refractivity contribution in [2.24, 2.45) is 0 Å². The van der Waals surface area contributed by atoms with Gasteiger partial charge in [-0.25, -0.2) is 4.98 Å². The first-order chi connectivity index (χ1) is 11.2. The molecule has 0 bridgehead atoms. The van der Waals surface area contributed by atoms with Crippen LogP contribution < -0.4 is 16.2 Å². The van der Waals surface area contributed by atoms with Crippen LogP contribution >= 0.6 is 0 Å².